The summed E-state index contributed by atoms with van der Waals surface area (Å²) in [6, 6.07) is 8.34. The molecule has 0 aliphatic carbocycles. The minimum Gasteiger partial charge on any atom is -0.379 e. The maximum Gasteiger partial charge on any atom is 0.183 e. The molecule has 0 saturated carbocycles. The zero-order valence-electron chi connectivity index (χ0n) is 14.8. The first-order chi connectivity index (χ1) is 13.4. The van der Waals surface area contributed by atoms with Gasteiger partial charge in [-0.2, -0.15) is 0 Å². The van der Waals surface area contributed by atoms with Gasteiger partial charge in [-0.3, -0.25) is 4.90 Å². The topological polar surface area (TPSA) is 79.0 Å². The van der Waals surface area contributed by atoms with Gasteiger partial charge in [0.05, 0.1) is 19.5 Å². The van der Waals surface area contributed by atoms with E-state index in [9.17, 15) is 0 Å². The summed E-state index contributed by atoms with van der Waals surface area (Å²) in [5.41, 5.74) is 2.58. The number of nitrogens with zero attached hydrogens (tertiary/aromatic N) is 4. The Bertz CT molecular complexity index is 1070. The van der Waals surface area contributed by atoms with Crippen LogP contribution in [-0.2, 0) is 4.74 Å². The second-order valence-electron chi connectivity index (χ2n) is 6.52. The summed E-state index contributed by atoms with van der Waals surface area (Å²) >= 11 is 1.71. The lowest BCUT2D eigenvalue weighted by molar-refractivity contribution is 0.0398. The van der Waals surface area contributed by atoms with Gasteiger partial charge >= 0.3 is 0 Å². The summed E-state index contributed by atoms with van der Waals surface area (Å²) in [4.78, 5) is 19.4. The Morgan fingerprint density at radius 3 is 3.00 bits per heavy atom. The van der Waals surface area contributed by atoms with Crippen LogP contribution in [0.3, 0.4) is 0 Å². The summed E-state index contributed by atoms with van der Waals surface area (Å²) in [6.45, 7) is 5.37. The van der Waals surface area contributed by atoms with Crippen molar-refractivity contribution in [3.63, 3.8) is 0 Å². The van der Waals surface area contributed by atoms with Crippen molar-refractivity contribution < 1.29 is 4.74 Å². The van der Waals surface area contributed by atoms with E-state index in [0.29, 0.717) is 11.5 Å². The predicted molar refractivity (Wildman–Crippen MR) is 108 cm³/mol. The molecule has 1 aliphatic rings. The molecular formula is C19H20N6OS. The van der Waals surface area contributed by atoms with E-state index in [0.717, 1.165) is 56.3 Å². The summed E-state index contributed by atoms with van der Waals surface area (Å²) < 4.78 is 6.64. The molecule has 0 spiro atoms. The Hall–Kier alpha value is -2.55. The summed E-state index contributed by atoms with van der Waals surface area (Å²) in [5, 5.41) is 6.77. The summed E-state index contributed by atoms with van der Waals surface area (Å²) in [6.07, 6.45) is 1.67. The fourth-order valence-corrected chi connectivity index (χ4v) is 4.33. The summed E-state index contributed by atoms with van der Waals surface area (Å²) in [5.74, 6) is 1.51. The van der Waals surface area contributed by atoms with E-state index in [1.165, 1.54) is 10.1 Å². The average Bonchev–Trinajstić information content (AvgIpc) is 3.35. The third-order valence-electron chi connectivity index (χ3n) is 4.83. The van der Waals surface area contributed by atoms with E-state index >= 15 is 0 Å². The van der Waals surface area contributed by atoms with Crippen LogP contribution in [0.1, 0.15) is 0 Å². The van der Waals surface area contributed by atoms with Gasteiger partial charge in [-0.05, 0) is 6.07 Å². The number of hydrogen-bond donors (Lipinski definition) is 2. The Morgan fingerprint density at radius 2 is 2.07 bits per heavy atom. The Kier molecular flexibility index (Phi) is 4.44. The largest absolute Gasteiger partial charge is 0.379 e. The van der Waals surface area contributed by atoms with E-state index in [-0.39, 0.29) is 0 Å². The van der Waals surface area contributed by atoms with Crippen molar-refractivity contribution >= 4 is 38.4 Å². The normalized spacial score (nSPS) is 15.6. The standard InChI is InChI=1S/C19H20N6OS/c1-2-4-15-13(3-1)14(11-27-15)17-23-18(16-19(24-17)22-12-21-16)20-5-6-25-7-9-26-10-8-25/h1-4,11-12H,5-10H2,(H2,20,21,22,23,24). The minimum absolute atomic E-state index is 0.684. The molecule has 2 N–H and O–H groups in total. The molecule has 0 radical (unpaired) electrons. The molecule has 0 bridgehead atoms. The monoisotopic (exact) mass is 380 g/mol. The quantitative estimate of drug-likeness (QED) is 0.554. The van der Waals surface area contributed by atoms with Gasteiger partial charge in [0.1, 0.15) is 5.52 Å². The highest BCUT2D eigenvalue weighted by molar-refractivity contribution is 7.17. The molecule has 0 atom stereocenters. The lowest BCUT2D eigenvalue weighted by Crippen LogP contribution is -2.39. The highest BCUT2D eigenvalue weighted by Gasteiger charge is 2.15. The van der Waals surface area contributed by atoms with Crippen molar-refractivity contribution in [1.29, 1.82) is 0 Å². The fourth-order valence-electron chi connectivity index (χ4n) is 3.39. The van der Waals surface area contributed by atoms with Gasteiger partial charge in [0.2, 0.25) is 0 Å². The number of hydrogen-bond acceptors (Lipinski definition) is 7. The smallest absolute Gasteiger partial charge is 0.183 e. The number of nitrogens with one attached hydrogen (secondary N) is 2. The molecule has 3 aromatic heterocycles. The van der Waals surface area contributed by atoms with Crippen LogP contribution >= 0.6 is 11.3 Å². The third kappa shape index (κ3) is 3.27. The van der Waals surface area contributed by atoms with Crippen LogP contribution in [0, 0.1) is 0 Å². The fraction of sp³-hybridized carbons (Fsp3) is 0.316. The van der Waals surface area contributed by atoms with Crippen LogP contribution in [-0.4, -0.2) is 64.2 Å². The number of morpholine rings is 1. The number of thiophene rings is 1. The van der Waals surface area contributed by atoms with Crippen molar-refractivity contribution in [2.75, 3.05) is 44.7 Å². The molecule has 4 aromatic rings. The molecule has 1 fully saturated rings. The molecule has 8 heteroatoms. The zero-order valence-corrected chi connectivity index (χ0v) is 15.6. The number of ether oxygens (including phenoxy) is 1. The van der Waals surface area contributed by atoms with Gasteiger partial charge < -0.3 is 15.0 Å². The first-order valence-corrected chi connectivity index (χ1v) is 9.98. The van der Waals surface area contributed by atoms with Crippen LogP contribution < -0.4 is 5.32 Å². The molecule has 1 saturated heterocycles. The van der Waals surface area contributed by atoms with Gasteiger partial charge in [-0.15, -0.1) is 11.3 Å². The predicted octanol–water partition coefficient (Wildman–Crippen LogP) is 2.98. The maximum atomic E-state index is 5.41. The van der Waals surface area contributed by atoms with E-state index in [4.69, 9.17) is 9.72 Å². The lowest BCUT2D eigenvalue weighted by Gasteiger charge is -2.26. The SMILES string of the molecule is c1ccc2c(-c3nc(NCCN4CCOCC4)c4[nH]cnc4n3)csc2c1. The molecule has 4 heterocycles. The van der Waals surface area contributed by atoms with Crippen molar-refractivity contribution in [2.24, 2.45) is 0 Å². The van der Waals surface area contributed by atoms with Crippen molar-refractivity contribution in [2.45, 2.75) is 0 Å². The van der Waals surface area contributed by atoms with E-state index < -0.39 is 0 Å². The van der Waals surface area contributed by atoms with Gasteiger partial charge in [0.15, 0.2) is 17.3 Å². The number of rotatable bonds is 5. The second kappa shape index (κ2) is 7.22. The van der Waals surface area contributed by atoms with Gasteiger partial charge in [0, 0.05) is 47.2 Å². The molecule has 1 aromatic carbocycles. The Labute approximate surface area is 160 Å². The van der Waals surface area contributed by atoms with Crippen LogP contribution in [0.15, 0.2) is 36.0 Å². The van der Waals surface area contributed by atoms with Gasteiger partial charge in [-0.1, -0.05) is 18.2 Å². The lowest BCUT2D eigenvalue weighted by atomic mass is 10.1. The van der Waals surface area contributed by atoms with Crippen molar-refractivity contribution in [3.8, 4) is 11.4 Å². The highest BCUT2D eigenvalue weighted by Crippen LogP contribution is 2.33. The number of imidazole rings is 1. The maximum absolute atomic E-state index is 5.41. The minimum atomic E-state index is 0.684. The molecular weight excluding hydrogens is 360 g/mol. The van der Waals surface area contributed by atoms with Crippen molar-refractivity contribution in [1.82, 2.24) is 24.8 Å². The average molecular weight is 380 g/mol. The second-order valence-corrected chi connectivity index (χ2v) is 7.43. The first kappa shape index (κ1) is 16.6. The van der Waals surface area contributed by atoms with Crippen molar-refractivity contribution in [3.05, 3.63) is 36.0 Å². The van der Waals surface area contributed by atoms with Crippen LogP contribution in [0.2, 0.25) is 0 Å². The Balaban J connectivity index is 1.44. The molecule has 27 heavy (non-hydrogen) atoms. The van der Waals surface area contributed by atoms with E-state index in [2.05, 4.69) is 48.7 Å². The number of aromatic nitrogens is 4. The van der Waals surface area contributed by atoms with Crippen LogP contribution in [0.25, 0.3) is 32.6 Å². The highest BCUT2D eigenvalue weighted by atomic mass is 32.1. The Morgan fingerprint density at radius 1 is 1.19 bits per heavy atom. The number of aromatic amines is 1. The molecule has 0 unspecified atom stereocenters. The van der Waals surface area contributed by atoms with Gasteiger partial charge in [0.25, 0.3) is 0 Å². The molecule has 0 amide bonds. The third-order valence-corrected chi connectivity index (χ3v) is 5.80. The molecule has 138 valence electrons. The van der Waals surface area contributed by atoms with Crippen LogP contribution in [0.5, 0.6) is 0 Å². The molecule has 5 rings (SSSR count). The van der Waals surface area contributed by atoms with E-state index in [1.807, 2.05) is 6.07 Å². The molecule has 1 aliphatic heterocycles. The molecule has 7 nitrogen and oxygen atoms in total. The number of anilines is 1. The van der Waals surface area contributed by atoms with Gasteiger partial charge in [-0.25, -0.2) is 15.0 Å². The number of fused-ring (bicyclic) bond motifs is 2. The zero-order chi connectivity index (χ0) is 18.1. The summed E-state index contributed by atoms with van der Waals surface area (Å²) in [7, 11) is 0. The number of benzene rings is 1. The first-order valence-electron chi connectivity index (χ1n) is 9.10. The van der Waals surface area contributed by atoms with Crippen LogP contribution in [0.4, 0.5) is 5.82 Å². The number of H-pyrrole nitrogens is 1. The van der Waals surface area contributed by atoms with E-state index in [1.54, 1.807) is 17.7 Å².